The molecular weight excluding hydrogens is 516 g/mol. The normalized spacial score (nSPS) is 34.3. The Morgan fingerprint density at radius 1 is 1.00 bits per heavy atom. The molecule has 1 aromatic carbocycles. The smallest absolute Gasteiger partial charge is 0.191 e. The van der Waals surface area contributed by atoms with E-state index in [1.165, 1.54) is 24.8 Å². The number of benzene rings is 1. The van der Waals surface area contributed by atoms with Crippen molar-refractivity contribution < 1.29 is 23.4 Å². The topological polar surface area (TPSA) is 46.2 Å². The highest BCUT2D eigenvalue weighted by atomic mass is 28.4. The predicted octanol–water partition coefficient (Wildman–Crippen LogP) is 8.14. The van der Waals surface area contributed by atoms with Gasteiger partial charge in [0.25, 0.3) is 0 Å². The van der Waals surface area contributed by atoms with E-state index in [-0.39, 0.29) is 23.5 Å². The highest BCUT2D eigenvalue weighted by Crippen LogP contribution is 2.57. The van der Waals surface area contributed by atoms with Gasteiger partial charge in [-0.25, -0.2) is 0 Å². The molecule has 5 rings (SSSR count). The average molecular weight is 571 g/mol. The molecule has 3 aliphatic carbocycles. The zero-order chi connectivity index (χ0) is 28.7. The molecule has 0 radical (unpaired) electrons. The monoisotopic (exact) mass is 570 g/mol. The lowest BCUT2D eigenvalue weighted by Gasteiger charge is -2.57. The second-order valence-electron chi connectivity index (χ2n) is 14.3. The van der Waals surface area contributed by atoms with Gasteiger partial charge in [-0.1, -0.05) is 58.2 Å². The van der Waals surface area contributed by atoms with Gasteiger partial charge in [0, 0.05) is 31.5 Å². The zero-order valence-electron chi connectivity index (χ0n) is 26.3. The molecule has 0 spiro atoms. The first kappa shape index (κ1) is 30.3. The number of rotatable bonds is 9. The van der Waals surface area contributed by atoms with Crippen molar-refractivity contribution in [1.29, 1.82) is 0 Å². The van der Waals surface area contributed by atoms with Crippen LogP contribution in [0.4, 0.5) is 0 Å². The van der Waals surface area contributed by atoms with Gasteiger partial charge >= 0.3 is 0 Å². The third-order valence-electron chi connectivity index (χ3n) is 11.0. The van der Waals surface area contributed by atoms with Crippen LogP contribution in [-0.4, -0.2) is 47.1 Å². The lowest BCUT2D eigenvalue weighted by atomic mass is 9.54. The summed E-state index contributed by atoms with van der Waals surface area (Å²) in [5.74, 6) is 3.59. The van der Waals surface area contributed by atoms with Crippen molar-refractivity contribution in [3.8, 4) is 5.75 Å². The van der Waals surface area contributed by atoms with Gasteiger partial charge in [-0.05, 0) is 85.3 Å². The molecule has 1 saturated carbocycles. The second-order valence-corrected chi connectivity index (χ2v) is 19.1. The van der Waals surface area contributed by atoms with Crippen LogP contribution in [0.1, 0.15) is 78.7 Å². The van der Waals surface area contributed by atoms with Crippen LogP contribution in [0.15, 0.2) is 35.4 Å². The first-order valence-corrected chi connectivity index (χ1v) is 18.8. The summed E-state index contributed by atoms with van der Waals surface area (Å²) < 4.78 is 32.3. The average Bonchev–Trinajstić information content (AvgIpc) is 2.92. The highest BCUT2D eigenvalue weighted by Gasteiger charge is 2.55. The van der Waals surface area contributed by atoms with Crippen LogP contribution in [-0.2, 0) is 25.2 Å². The van der Waals surface area contributed by atoms with Gasteiger partial charge in [0.15, 0.2) is 14.6 Å². The minimum Gasteiger partial charge on any atom is -0.497 e. The molecule has 1 aromatic rings. The summed E-state index contributed by atoms with van der Waals surface area (Å²) in [5, 5.41) is 0.193. The molecular formula is C34H54O5Si. The summed E-state index contributed by atoms with van der Waals surface area (Å²) in [6, 6.07) is 8.28. The van der Waals surface area contributed by atoms with Crippen LogP contribution in [0.2, 0.25) is 18.1 Å². The summed E-state index contributed by atoms with van der Waals surface area (Å²) in [4.78, 5) is 0. The van der Waals surface area contributed by atoms with E-state index in [0.717, 1.165) is 31.6 Å². The summed E-state index contributed by atoms with van der Waals surface area (Å²) in [6.07, 6.45) is 7.17. The van der Waals surface area contributed by atoms with Crippen molar-refractivity contribution in [2.45, 2.75) is 116 Å². The van der Waals surface area contributed by atoms with Crippen LogP contribution >= 0.6 is 0 Å². The van der Waals surface area contributed by atoms with E-state index < -0.39 is 8.32 Å². The van der Waals surface area contributed by atoms with Crippen LogP contribution in [0.3, 0.4) is 0 Å². The summed E-state index contributed by atoms with van der Waals surface area (Å²) in [6.45, 7) is 18.5. The molecule has 2 fully saturated rings. The number of hydrogen-bond acceptors (Lipinski definition) is 5. The summed E-state index contributed by atoms with van der Waals surface area (Å²) >= 11 is 0. The Hall–Kier alpha value is -1.18. The molecule has 1 saturated heterocycles. The first-order chi connectivity index (χ1) is 19.0. The fraction of sp³-hybridized carbons (Fsp3) is 0.765. The van der Waals surface area contributed by atoms with Crippen molar-refractivity contribution in [2.24, 2.45) is 29.6 Å². The second kappa shape index (κ2) is 12.2. The first-order valence-electron chi connectivity index (χ1n) is 15.9. The Balaban J connectivity index is 1.45. The third kappa shape index (κ3) is 5.99. The van der Waals surface area contributed by atoms with Gasteiger partial charge in [0.1, 0.15) is 5.75 Å². The number of hydrogen-bond donors (Lipinski definition) is 0. The molecule has 0 N–H and O–H groups in total. The maximum absolute atomic E-state index is 7.00. The number of allylic oxidation sites excluding steroid dienone is 1. The fourth-order valence-electron chi connectivity index (χ4n) is 7.89. The van der Waals surface area contributed by atoms with Crippen molar-refractivity contribution in [3.63, 3.8) is 0 Å². The molecule has 1 heterocycles. The van der Waals surface area contributed by atoms with Crippen molar-refractivity contribution in [2.75, 3.05) is 20.3 Å². The molecule has 8 atom stereocenters. The minimum absolute atomic E-state index is 0.0734. The lowest BCUT2D eigenvalue weighted by molar-refractivity contribution is -0.222. The van der Waals surface area contributed by atoms with Crippen molar-refractivity contribution >= 4 is 8.32 Å². The number of methoxy groups -OCH3 is 1. The SMILES string of the molecule is CCO[C@H]1C[C@@H]2C3=C(CC[C@@H]2OCc2ccc(OC)cc2)[C@@H]2CCC[C@@H](C)[C@H]2[C@H](CO[Si](C)(C)C(C)(C)C)[C@@H]3O1. The lowest BCUT2D eigenvalue weighted by Crippen LogP contribution is -2.56. The third-order valence-corrected chi connectivity index (χ3v) is 15.5. The van der Waals surface area contributed by atoms with E-state index in [1.54, 1.807) is 18.3 Å². The molecule has 0 aromatic heterocycles. The Bertz CT molecular complexity index is 1030. The fourth-order valence-corrected chi connectivity index (χ4v) is 8.93. The van der Waals surface area contributed by atoms with Crippen LogP contribution in [0.25, 0.3) is 0 Å². The molecule has 6 heteroatoms. The van der Waals surface area contributed by atoms with Crippen LogP contribution in [0.5, 0.6) is 5.75 Å². The van der Waals surface area contributed by atoms with Crippen molar-refractivity contribution in [3.05, 3.63) is 41.0 Å². The Kier molecular flexibility index (Phi) is 9.24. The summed E-state index contributed by atoms with van der Waals surface area (Å²) in [7, 11) is -0.182. The van der Waals surface area contributed by atoms with Gasteiger partial charge in [0.05, 0.1) is 25.9 Å². The predicted molar refractivity (Wildman–Crippen MR) is 163 cm³/mol. The van der Waals surface area contributed by atoms with Crippen molar-refractivity contribution in [1.82, 2.24) is 0 Å². The van der Waals surface area contributed by atoms with Crippen LogP contribution in [0, 0.1) is 29.6 Å². The van der Waals surface area contributed by atoms with E-state index in [2.05, 4.69) is 59.8 Å². The van der Waals surface area contributed by atoms with Gasteiger partial charge in [-0.2, -0.15) is 0 Å². The van der Waals surface area contributed by atoms with E-state index in [0.29, 0.717) is 42.8 Å². The molecule has 4 aliphatic rings. The quantitative estimate of drug-likeness (QED) is 0.221. The van der Waals surface area contributed by atoms with Gasteiger partial charge in [0.2, 0.25) is 0 Å². The maximum atomic E-state index is 7.00. The Morgan fingerprint density at radius 3 is 2.42 bits per heavy atom. The molecule has 0 bridgehead atoms. The van der Waals surface area contributed by atoms with E-state index in [9.17, 15) is 0 Å². The van der Waals surface area contributed by atoms with Gasteiger partial charge in [-0.3, -0.25) is 0 Å². The molecule has 40 heavy (non-hydrogen) atoms. The maximum Gasteiger partial charge on any atom is 0.191 e. The Morgan fingerprint density at radius 2 is 1.75 bits per heavy atom. The van der Waals surface area contributed by atoms with Gasteiger partial charge < -0.3 is 23.4 Å². The molecule has 5 nitrogen and oxygen atoms in total. The standard InChI is InChI=1S/C34H54O5Si/c1-9-36-30-19-27-29(37-20-23-13-15-24(35-6)16-14-23)18-17-26-25-12-10-11-22(2)31(25)28(33(39-30)32(26)27)21-38-40(7,8)34(3,4)5/h13-16,22,25,27-31,33H,9-12,17-21H2,1-8H3/t22-,25+,27+,28+,29+,30-,31-,33+/m1/s1. The molecule has 0 amide bonds. The zero-order valence-corrected chi connectivity index (χ0v) is 27.3. The number of ether oxygens (including phenoxy) is 4. The van der Waals surface area contributed by atoms with Crippen LogP contribution < -0.4 is 4.74 Å². The highest BCUT2D eigenvalue weighted by molar-refractivity contribution is 6.74. The van der Waals surface area contributed by atoms with E-state index in [4.69, 9.17) is 23.4 Å². The largest absolute Gasteiger partial charge is 0.497 e. The molecule has 224 valence electrons. The molecule has 0 unspecified atom stereocenters. The summed E-state index contributed by atoms with van der Waals surface area (Å²) in [5.41, 5.74) is 4.48. The van der Waals surface area contributed by atoms with Gasteiger partial charge in [-0.15, -0.1) is 0 Å². The molecule has 1 aliphatic heterocycles. The Labute approximate surface area is 244 Å². The van der Waals surface area contributed by atoms with E-state index in [1.807, 2.05) is 12.1 Å². The minimum atomic E-state index is -1.89. The van der Waals surface area contributed by atoms with E-state index >= 15 is 0 Å². The number of fused-ring (bicyclic) bond motifs is 2.